The van der Waals surface area contributed by atoms with Gasteiger partial charge in [0.2, 0.25) is 5.91 Å². The second-order valence-corrected chi connectivity index (χ2v) is 4.28. The quantitative estimate of drug-likeness (QED) is 0.580. The molecule has 1 aromatic heterocycles. The lowest BCUT2D eigenvalue weighted by atomic mass is 10.2. The van der Waals surface area contributed by atoms with Crippen LogP contribution in [0.2, 0.25) is 0 Å². The Balaban J connectivity index is 0.000000172. The molecule has 0 aliphatic rings. The highest BCUT2D eigenvalue weighted by molar-refractivity contribution is 5.92. The SMILES string of the molecule is NC(=O)c1ccccc1.O=Nc1cc2ccccc2oc1=O. The molecule has 0 unspecified atom stereocenters. The lowest BCUT2D eigenvalue weighted by molar-refractivity contribution is 0.100. The molecule has 2 N–H and O–H groups in total. The first-order valence-corrected chi connectivity index (χ1v) is 6.33. The molecule has 0 aliphatic heterocycles. The van der Waals surface area contributed by atoms with Crippen molar-refractivity contribution in [3.05, 3.63) is 81.6 Å². The third kappa shape index (κ3) is 3.63. The van der Waals surface area contributed by atoms with Crippen molar-refractivity contribution in [2.45, 2.75) is 0 Å². The normalized spacial score (nSPS) is 9.64. The molecule has 0 bridgehead atoms. The van der Waals surface area contributed by atoms with Crippen LogP contribution in [-0.2, 0) is 0 Å². The number of nitroso groups, excluding NO2 is 1. The van der Waals surface area contributed by atoms with E-state index in [1.807, 2.05) is 6.07 Å². The lowest BCUT2D eigenvalue weighted by Gasteiger charge is -1.94. The molecule has 0 atom stereocenters. The zero-order chi connectivity index (χ0) is 15.9. The van der Waals surface area contributed by atoms with E-state index in [9.17, 15) is 14.5 Å². The molecule has 3 rings (SSSR count). The predicted molar refractivity (Wildman–Crippen MR) is 82.9 cm³/mol. The molecule has 1 amide bonds. The summed E-state index contributed by atoms with van der Waals surface area (Å²) < 4.78 is 4.83. The smallest absolute Gasteiger partial charge is 0.366 e. The second kappa shape index (κ2) is 6.94. The molecule has 0 radical (unpaired) electrons. The number of rotatable bonds is 2. The van der Waals surface area contributed by atoms with Crippen molar-refractivity contribution >= 4 is 22.6 Å². The van der Waals surface area contributed by atoms with Crippen molar-refractivity contribution in [1.29, 1.82) is 0 Å². The number of para-hydroxylation sites is 1. The van der Waals surface area contributed by atoms with Crippen LogP contribution in [0.3, 0.4) is 0 Å². The van der Waals surface area contributed by atoms with Gasteiger partial charge < -0.3 is 10.2 Å². The lowest BCUT2D eigenvalue weighted by Crippen LogP contribution is -2.09. The van der Waals surface area contributed by atoms with E-state index in [4.69, 9.17) is 10.2 Å². The van der Waals surface area contributed by atoms with E-state index >= 15 is 0 Å². The molecule has 0 aliphatic carbocycles. The third-order valence-corrected chi connectivity index (χ3v) is 2.78. The predicted octanol–water partition coefficient (Wildman–Crippen LogP) is 2.98. The van der Waals surface area contributed by atoms with E-state index < -0.39 is 5.63 Å². The number of benzene rings is 2. The molecule has 0 fully saturated rings. The fourth-order valence-corrected chi connectivity index (χ4v) is 1.72. The van der Waals surface area contributed by atoms with Crippen molar-refractivity contribution in [3.63, 3.8) is 0 Å². The summed E-state index contributed by atoms with van der Waals surface area (Å²) in [6.07, 6.45) is 0. The van der Waals surface area contributed by atoms with E-state index in [1.165, 1.54) is 6.07 Å². The Morgan fingerprint density at radius 1 is 1.00 bits per heavy atom. The fourth-order valence-electron chi connectivity index (χ4n) is 1.72. The molecule has 2 aromatic carbocycles. The maximum absolute atomic E-state index is 11.0. The first-order chi connectivity index (χ1) is 10.6. The molecular formula is C16H12N2O4. The minimum Gasteiger partial charge on any atom is -0.421 e. The molecule has 1 heterocycles. The van der Waals surface area contributed by atoms with Crippen molar-refractivity contribution in [1.82, 2.24) is 0 Å². The molecule has 3 aromatic rings. The summed E-state index contributed by atoms with van der Waals surface area (Å²) in [5.74, 6) is -0.379. The van der Waals surface area contributed by atoms with Gasteiger partial charge >= 0.3 is 5.63 Å². The highest BCUT2D eigenvalue weighted by Crippen LogP contribution is 2.16. The van der Waals surface area contributed by atoms with Crippen LogP contribution in [0.5, 0.6) is 0 Å². The van der Waals surface area contributed by atoms with Gasteiger partial charge in [-0.2, -0.15) is 0 Å². The van der Waals surface area contributed by atoms with Gasteiger partial charge in [-0.05, 0) is 29.4 Å². The molecule has 6 heteroatoms. The number of hydrogen-bond donors (Lipinski definition) is 1. The summed E-state index contributed by atoms with van der Waals surface area (Å²) in [5, 5.41) is 3.26. The average Bonchev–Trinajstić information content (AvgIpc) is 2.55. The van der Waals surface area contributed by atoms with E-state index in [0.717, 1.165) is 0 Å². The summed E-state index contributed by atoms with van der Waals surface area (Å²) in [6, 6.07) is 17.1. The minimum atomic E-state index is -0.700. The molecule has 0 saturated heterocycles. The first-order valence-electron chi connectivity index (χ1n) is 6.33. The number of fused-ring (bicyclic) bond motifs is 1. The maximum Gasteiger partial charge on any atom is 0.366 e. The van der Waals surface area contributed by atoms with Crippen LogP contribution in [0, 0.1) is 4.91 Å². The van der Waals surface area contributed by atoms with Gasteiger partial charge in [0.05, 0.1) is 0 Å². The molecular weight excluding hydrogens is 284 g/mol. The number of carbonyl (C=O) groups is 1. The number of nitrogens with zero attached hydrogens (tertiary/aromatic N) is 1. The second-order valence-electron chi connectivity index (χ2n) is 4.28. The zero-order valence-electron chi connectivity index (χ0n) is 11.4. The Kier molecular flexibility index (Phi) is 4.77. The highest BCUT2D eigenvalue weighted by atomic mass is 16.4. The summed E-state index contributed by atoms with van der Waals surface area (Å²) in [4.78, 5) is 31.6. The van der Waals surface area contributed by atoms with Gasteiger partial charge in [0.25, 0.3) is 0 Å². The van der Waals surface area contributed by atoms with Crippen LogP contribution in [0.25, 0.3) is 11.0 Å². The van der Waals surface area contributed by atoms with Gasteiger partial charge in [-0.25, -0.2) is 4.79 Å². The number of carbonyl (C=O) groups excluding carboxylic acids is 1. The van der Waals surface area contributed by atoms with Crippen molar-refractivity contribution < 1.29 is 9.21 Å². The first kappa shape index (κ1) is 15.1. The molecule has 110 valence electrons. The van der Waals surface area contributed by atoms with Crippen LogP contribution in [0.15, 0.2) is 75.1 Å². The Morgan fingerprint density at radius 3 is 2.23 bits per heavy atom. The molecule has 0 spiro atoms. The minimum absolute atomic E-state index is 0.196. The average molecular weight is 296 g/mol. The summed E-state index contributed by atoms with van der Waals surface area (Å²) in [7, 11) is 0. The number of nitrogens with two attached hydrogens (primary N) is 1. The van der Waals surface area contributed by atoms with Crippen LogP contribution in [-0.4, -0.2) is 5.91 Å². The number of amides is 1. The van der Waals surface area contributed by atoms with E-state index in [-0.39, 0.29) is 11.6 Å². The van der Waals surface area contributed by atoms with Crippen molar-refractivity contribution in [2.75, 3.05) is 0 Å². The van der Waals surface area contributed by atoms with Gasteiger partial charge in [0.1, 0.15) is 5.58 Å². The number of primary amides is 1. The summed E-state index contributed by atoms with van der Waals surface area (Å²) in [5.41, 5.74) is 5.09. The van der Waals surface area contributed by atoms with E-state index in [2.05, 4.69) is 5.18 Å². The van der Waals surface area contributed by atoms with Gasteiger partial charge in [0.15, 0.2) is 5.69 Å². The zero-order valence-corrected chi connectivity index (χ0v) is 11.4. The van der Waals surface area contributed by atoms with Gasteiger partial charge in [-0.3, -0.25) is 4.79 Å². The van der Waals surface area contributed by atoms with Gasteiger partial charge in [-0.1, -0.05) is 36.4 Å². The van der Waals surface area contributed by atoms with Gasteiger partial charge in [-0.15, -0.1) is 4.91 Å². The topological polar surface area (TPSA) is 103 Å². The van der Waals surface area contributed by atoms with Gasteiger partial charge in [0, 0.05) is 10.9 Å². The number of hydrogen-bond acceptors (Lipinski definition) is 5. The third-order valence-electron chi connectivity index (χ3n) is 2.78. The molecule has 6 nitrogen and oxygen atoms in total. The molecule has 22 heavy (non-hydrogen) atoms. The Bertz CT molecular complexity index is 857. The van der Waals surface area contributed by atoms with Crippen molar-refractivity contribution in [2.24, 2.45) is 10.9 Å². The van der Waals surface area contributed by atoms with Crippen LogP contribution >= 0.6 is 0 Å². The fraction of sp³-hybridized carbons (Fsp3) is 0. The van der Waals surface area contributed by atoms with E-state index in [0.29, 0.717) is 16.5 Å². The highest BCUT2D eigenvalue weighted by Gasteiger charge is 2.03. The van der Waals surface area contributed by atoms with Crippen molar-refractivity contribution in [3.8, 4) is 0 Å². The summed E-state index contributed by atoms with van der Waals surface area (Å²) in [6.45, 7) is 0. The van der Waals surface area contributed by atoms with Crippen LogP contribution < -0.4 is 11.4 Å². The van der Waals surface area contributed by atoms with Crippen LogP contribution in [0.4, 0.5) is 5.69 Å². The van der Waals surface area contributed by atoms with E-state index in [1.54, 1.807) is 48.5 Å². The monoisotopic (exact) mass is 296 g/mol. The Morgan fingerprint density at radius 2 is 1.64 bits per heavy atom. The Labute approximate surface area is 125 Å². The van der Waals surface area contributed by atoms with Crippen LogP contribution in [0.1, 0.15) is 10.4 Å². The maximum atomic E-state index is 11.0. The summed E-state index contributed by atoms with van der Waals surface area (Å²) >= 11 is 0. The standard InChI is InChI=1S/C9H5NO3.C7H7NO/c11-9-7(10-12)5-6-3-1-2-4-8(6)13-9;8-7(9)6-4-2-1-3-5-6/h1-5H;1-5H,(H2,8,9). The largest absolute Gasteiger partial charge is 0.421 e. The molecule has 0 saturated carbocycles. The Hall–Kier alpha value is -3.28.